The summed E-state index contributed by atoms with van der Waals surface area (Å²) in [4.78, 5) is 7.01. The second kappa shape index (κ2) is 8.92. The molecule has 1 heterocycles. The minimum absolute atomic E-state index is 0.678. The molecule has 2 aromatic rings. The van der Waals surface area contributed by atoms with Crippen LogP contribution in [0.25, 0.3) is 0 Å². The van der Waals surface area contributed by atoms with Gasteiger partial charge in [-0.3, -0.25) is 0 Å². The van der Waals surface area contributed by atoms with Crippen LogP contribution >= 0.6 is 0 Å². The van der Waals surface area contributed by atoms with E-state index in [0.717, 1.165) is 32.1 Å². The highest BCUT2D eigenvalue weighted by Crippen LogP contribution is 2.17. The number of benzene rings is 2. The zero-order valence-corrected chi connectivity index (χ0v) is 14.8. The fraction of sp³-hybridized carbons (Fsp3) is 0.286. The Hall–Kier alpha value is -2.75. The molecule has 0 unspecified atom stereocenters. The van der Waals surface area contributed by atoms with Gasteiger partial charge in [0, 0.05) is 31.9 Å². The molecule has 25 heavy (non-hydrogen) atoms. The largest absolute Gasteiger partial charge is 0.364 e. The monoisotopic (exact) mass is 334 g/mol. The second-order valence-corrected chi connectivity index (χ2v) is 6.08. The Balaban J connectivity index is 1.55. The van der Waals surface area contributed by atoms with Crippen LogP contribution in [0.4, 0.5) is 5.69 Å². The molecule has 0 atom stereocenters. The highest BCUT2D eigenvalue weighted by molar-refractivity contribution is 5.79. The topological polar surface area (TPSA) is 39.7 Å². The van der Waals surface area contributed by atoms with Gasteiger partial charge in [0.15, 0.2) is 5.96 Å². The molecule has 0 spiro atoms. The Bertz CT molecular complexity index is 696. The molecule has 0 saturated carbocycles. The highest BCUT2D eigenvalue weighted by Gasteiger charge is 2.07. The molecule has 130 valence electrons. The van der Waals surface area contributed by atoms with Crippen molar-refractivity contribution in [3.05, 3.63) is 77.9 Å². The third-order valence-corrected chi connectivity index (χ3v) is 4.19. The lowest BCUT2D eigenvalue weighted by atomic mass is 10.2. The maximum atomic E-state index is 4.66. The Kier molecular flexibility index (Phi) is 6.10. The molecule has 0 aromatic heterocycles. The number of nitrogens with one attached hydrogen (secondary N) is 2. The first kappa shape index (κ1) is 17.1. The fourth-order valence-electron chi connectivity index (χ4n) is 2.79. The van der Waals surface area contributed by atoms with Gasteiger partial charge in [-0.05, 0) is 30.2 Å². The summed E-state index contributed by atoms with van der Waals surface area (Å²) in [5, 5.41) is 6.71. The van der Waals surface area contributed by atoms with E-state index in [2.05, 4.69) is 76.0 Å². The molecule has 3 rings (SSSR count). The Morgan fingerprint density at radius 1 is 0.920 bits per heavy atom. The van der Waals surface area contributed by atoms with E-state index in [1.807, 2.05) is 18.2 Å². The van der Waals surface area contributed by atoms with Gasteiger partial charge in [0.1, 0.15) is 0 Å². The molecule has 0 saturated heterocycles. The van der Waals surface area contributed by atoms with Crippen molar-refractivity contribution in [2.45, 2.75) is 20.0 Å². The van der Waals surface area contributed by atoms with Crippen molar-refractivity contribution in [2.24, 2.45) is 4.99 Å². The minimum atomic E-state index is 0.678. The van der Waals surface area contributed by atoms with Gasteiger partial charge in [-0.2, -0.15) is 0 Å². The van der Waals surface area contributed by atoms with Crippen molar-refractivity contribution < 1.29 is 0 Å². The van der Waals surface area contributed by atoms with Gasteiger partial charge in [-0.15, -0.1) is 0 Å². The maximum absolute atomic E-state index is 4.66. The molecule has 0 radical (unpaired) electrons. The third-order valence-electron chi connectivity index (χ3n) is 4.19. The van der Waals surface area contributed by atoms with E-state index in [1.165, 1.54) is 16.8 Å². The van der Waals surface area contributed by atoms with Crippen molar-refractivity contribution in [1.82, 2.24) is 10.6 Å². The quantitative estimate of drug-likeness (QED) is 0.484. The van der Waals surface area contributed by atoms with Gasteiger partial charge in [0.05, 0.1) is 6.54 Å². The molecule has 0 bridgehead atoms. The molecule has 2 N–H and O–H groups in total. The summed E-state index contributed by atoms with van der Waals surface area (Å²) in [6.45, 7) is 6.39. The minimum Gasteiger partial charge on any atom is -0.364 e. The molecule has 0 fully saturated rings. The summed E-state index contributed by atoms with van der Waals surface area (Å²) in [5.41, 5.74) is 3.74. The van der Waals surface area contributed by atoms with Gasteiger partial charge < -0.3 is 15.5 Å². The van der Waals surface area contributed by atoms with Crippen molar-refractivity contribution in [2.75, 3.05) is 24.5 Å². The predicted octanol–water partition coefficient (Wildman–Crippen LogP) is 3.32. The van der Waals surface area contributed by atoms with Gasteiger partial charge >= 0.3 is 0 Å². The van der Waals surface area contributed by atoms with Crippen molar-refractivity contribution >= 4 is 11.6 Å². The van der Waals surface area contributed by atoms with Crippen LogP contribution in [0.15, 0.2) is 71.7 Å². The summed E-state index contributed by atoms with van der Waals surface area (Å²) in [6, 6.07) is 19.1. The van der Waals surface area contributed by atoms with Crippen LogP contribution in [0.1, 0.15) is 18.1 Å². The lowest BCUT2D eigenvalue weighted by Gasteiger charge is -2.18. The first-order chi connectivity index (χ1) is 12.3. The van der Waals surface area contributed by atoms with Crippen LogP contribution in [0, 0.1) is 0 Å². The van der Waals surface area contributed by atoms with E-state index in [9.17, 15) is 0 Å². The van der Waals surface area contributed by atoms with Crippen LogP contribution in [0.5, 0.6) is 0 Å². The van der Waals surface area contributed by atoms with E-state index >= 15 is 0 Å². The third kappa shape index (κ3) is 5.11. The Morgan fingerprint density at radius 3 is 2.32 bits per heavy atom. The van der Waals surface area contributed by atoms with Gasteiger partial charge in [-0.1, -0.05) is 54.6 Å². The van der Waals surface area contributed by atoms with E-state index in [4.69, 9.17) is 0 Å². The first-order valence-electron chi connectivity index (χ1n) is 8.90. The molecule has 1 aliphatic heterocycles. The number of aliphatic imine (C=N–C) groups is 1. The summed E-state index contributed by atoms with van der Waals surface area (Å²) in [7, 11) is 0. The van der Waals surface area contributed by atoms with E-state index < -0.39 is 0 Å². The van der Waals surface area contributed by atoms with Gasteiger partial charge in [0.2, 0.25) is 0 Å². The van der Waals surface area contributed by atoms with Crippen LogP contribution in [0.2, 0.25) is 0 Å². The zero-order valence-electron chi connectivity index (χ0n) is 14.8. The van der Waals surface area contributed by atoms with Crippen LogP contribution < -0.4 is 15.5 Å². The van der Waals surface area contributed by atoms with Crippen LogP contribution in [-0.2, 0) is 13.1 Å². The normalized spacial score (nSPS) is 14.0. The molecule has 1 aliphatic rings. The molecule has 4 heteroatoms. The molecule has 0 amide bonds. The number of rotatable bonds is 6. The number of guanidine groups is 1. The summed E-state index contributed by atoms with van der Waals surface area (Å²) >= 11 is 0. The first-order valence-corrected chi connectivity index (χ1v) is 8.90. The standard InChI is InChI=1S/C21H26N4/c1-2-22-21(23-16-18-8-4-3-5-9-18)24-17-19-10-12-20(13-11-19)25-14-6-7-15-25/h3-13H,2,14-17H2,1H3,(H2,22,23,24). The molecule has 0 aliphatic carbocycles. The van der Waals surface area contributed by atoms with Crippen molar-refractivity contribution in [1.29, 1.82) is 0 Å². The number of nitrogens with zero attached hydrogens (tertiary/aromatic N) is 2. The van der Waals surface area contributed by atoms with E-state index in [0.29, 0.717) is 6.54 Å². The number of anilines is 1. The Labute approximate surface area is 150 Å². The van der Waals surface area contributed by atoms with Crippen molar-refractivity contribution in [3.63, 3.8) is 0 Å². The van der Waals surface area contributed by atoms with Crippen LogP contribution in [-0.4, -0.2) is 25.6 Å². The molecule has 4 nitrogen and oxygen atoms in total. The van der Waals surface area contributed by atoms with Gasteiger partial charge in [0.25, 0.3) is 0 Å². The predicted molar refractivity (Wildman–Crippen MR) is 106 cm³/mol. The average molecular weight is 334 g/mol. The summed E-state index contributed by atoms with van der Waals surface area (Å²) < 4.78 is 0. The maximum Gasteiger partial charge on any atom is 0.191 e. The number of hydrogen-bond donors (Lipinski definition) is 2. The van der Waals surface area contributed by atoms with Crippen molar-refractivity contribution in [3.8, 4) is 0 Å². The molecular formula is C21H26N4. The Morgan fingerprint density at radius 2 is 1.64 bits per heavy atom. The van der Waals surface area contributed by atoms with E-state index in [-0.39, 0.29) is 0 Å². The lowest BCUT2D eigenvalue weighted by molar-refractivity contribution is 0.816. The zero-order chi connectivity index (χ0) is 17.3. The lowest BCUT2D eigenvalue weighted by Crippen LogP contribution is -2.36. The SMILES string of the molecule is CCNC(=NCc1ccccc1)NCc1ccc(N2CC=CC2)cc1. The van der Waals surface area contributed by atoms with Gasteiger partial charge in [-0.25, -0.2) is 4.99 Å². The number of hydrogen-bond acceptors (Lipinski definition) is 2. The molecular weight excluding hydrogens is 308 g/mol. The smallest absolute Gasteiger partial charge is 0.191 e. The second-order valence-electron chi connectivity index (χ2n) is 6.08. The highest BCUT2D eigenvalue weighted by atomic mass is 15.2. The fourth-order valence-corrected chi connectivity index (χ4v) is 2.79. The summed E-state index contributed by atoms with van der Waals surface area (Å²) in [6.07, 6.45) is 4.42. The summed E-state index contributed by atoms with van der Waals surface area (Å²) in [5.74, 6) is 0.846. The van der Waals surface area contributed by atoms with E-state index in [1.54, 1.807) is 0 Å². The average Bonchev–Trinajstić information content (AvgIpc) is 3.20. The van der Waals surface area contributed by atoms with Crippen LogP contribution in [0.3, 0.4) is 0 Å². The molecule has 2 aromatic carbocycles.